The lowest BCUT2D eigenvalue weighted by molar-refractivity contribution is 0.156. The molecule has 5 nitrogen and oxygen atoms in total. The van der Waals surface area contributed by atoms with Crippen LogP contribution in [0.5, 0.6) is 0 Å². The summed E-state index contributed by atoms with van der Waals surface area (Å²) in [4.78, 5) is 0. The number of amidine groups is 1. The number of oxime groups is 1. The molecular formula is C15H25N3O2. The number of benzene rings is 1. The van der Waals surface area contributed by atoms with Crippen molar-refractivity contribution in [1.82, 2.24) is 5.32 Å². The summed E-state index contributed by atoms with van der Waals surface area (Å²) in [6.45, 7) is 2.79. The smallest absolute Gasteiger partial charge is 0.141 e. The highest BCUT2D eigenvalue weighted by atomic mass is 16.5. The summed E-state index contributed by atoms with van der Waals surface area (Å²) in [5.41, 5.74) is 6.79. The van der Waals surface area contributed by atoms with E-state index in [4.69, 9.17) is 15.7 Å². The van der Waals surface area contributed by atoms with Crippen LogP contribution in [0.15, 0.2) is 35.5 Å². The van der Waals surface area contributed by atoms with Crippen molar-refractivity contribution in [2.24, 2.45) is 10.9 Å². The molecule has 0 saturated carbocycles. The Bertz CT molecular complexity index is 389. The second-order valence-corrected chi connectivity index (χ2v) is 4.87. The fourth-order valence-electron chi connectivity index (χ4n) is 2.26. The van der Waals surface area contributed by atoms with Gasteiger partial charge in [-0.1, -0.05) is 48.8 Å². The number of hydrogen-bond donors (Lipinski definition) is 3. The SMILES string of the molecule is CCCC(COC)NC(CC(N)=NO)c1ccccc1. The van der Waals surface area contributed by atoms with Gasteiger partial charge in [-0.3, -0.25) is 0 Å². The molecule has 0 fully saturated rings. The van der Waals surface area contributed by atoms with E-state index in [2.05, 4.69) is 17.4 Å². The third kappa shape index (κ3) is 5.59. The summed E-state index contributed by atoms with van der Waals surface area (Å²) in [5.74, 6) is 0.221. The Morgan fingerprint density at radius 2 is 2.10 bits per heavy atom. The fourth-order valence-corrected chi connectivity index (χ4v) is 2.26. The Morgan fingerprint density at radius 3 is 2.65 bits per heavy atom. The molecule has 0 saturated heterocycles. The number of rotatable bonds is 9. The van der Waals surface area contributed by atoms with E-state index in [9.17, 15) is 0 Å². The second kappa shape index (κ2) is 9.34. The topological polar surface area (TPSA) is 79.9 Å². The van der Waals surface area contributed by atoms with Crippen molar-refractivity contribution in [2.75, 3.05) is 13.7 Å². The normalized spacial score (nSPS) is 15.0. The van der Waals surface area contributed by atoms with E-state index in [0.29, 0.717) is 13.0 Å². The molecule has 0 amide bonds. The van der Waals surface area contributed by atoms with Gasteiger partial charge in [0.15, 0.2) is 0 Å². The van der Waals surface area contributed by atoms with Crippen LogP contribution in [0.25, 0.3) is 0 Å². The number of nitrogens with two attached hydrogens (primary N) is 1. The monoisotopic (exact) mass is 279 g/mol. The number of methoxy groups -OCH3 is 1. The van der Waals surface area contributed by atoms with Gasteiger partial charge in [0.1, 0.15) is 5.84 Å². The molecule has 0 aliphatic rings. The zero-order chi connectivity index (χ0) is 14.8. The lowest BCUT2D eigenvalue weighted by Crippen LogP contribution is -2.38. The van der Waals surface area contributed by atoms with Crippen LogP contribution in [0.3, 0.4) is 0 Å². The van der Waals surface area contributed by atoms with Gasteiger partial charge in [0.25, 0.3) is 0 Å². The highest BCUT2D eigenvalue weighted by Gasteiger charge is 2.18. The van der Waals surface area contributed by atoms with Crippen molar-refractivity contribution in [1.29, 1.82) is 0 Å². The first-order valence-electron chi connectivity index (χ1n) is 6.97. The molecule has 5 heteroatoms. The van der Waals surface area contributed by atoms with Gasteiger partial charge in [0.05, 0.1) is 6.61 Å². The minimum Gasteiger partial charge on any atom is -0.409 e. The lowest BCUT2D eigenvalue weighted by Gasteiger charge is -2.25. The van der Waals surface area contributed by atoms with Crippen molar-refractivity contribution in [3.05, 3.63) is 35.9 Å². The van der Waals surface area contributed by atoms with Crippen LogP contribution in [-0.4, -0.2) is 30.8 Å². The van der Waals surface area contributed by atoms with Crippen molar-refractivity contribution in [2.45, 2.75) is 38.3 Å². The Kier molecular flexibility index (Phi) is 7.69. The van der Waals surface area contributed by atoms with E-state index < -0.39 is 0 Å². The minimum absolute atomic E-state index is 0.0128. The number of hydrogen-bond acceptors (Lipinski definition) is 4. The van der Waals surface area contributed by atoms with Gasteiger partial charge >= 0.3 is 0 Å². The Hall–Kier alpha value is -1.59. The lowest BCUT2D eigenvalue weighted by atomic mass is 10.0. The molecule has 0 aromatic heterocycles. The maximum Gasteiger partial charge on any atom is 0.141 e. The Balaban J connectivity index is 2.81. The maximum absolute atomic E-state index is 8.78. The average Bonchev–Trinajstić information content (AvgIpc) is 2.47. The van der Waals surface area contributed by atoms with Crippen LogP contribution in [0.2, 0.25) is 0 Å². The Morgan fingerprint density at radius 1 is 1.40 bits per heavy atom. The van der Waals surface area contributed by atoms with Crippen LogP contribution in [0.1, 0.15) is 37.8 Å². The zero-order valence-electron chi connectivity index (χ0n) is 12.2. The van der Waals surface area contributed by atoms with Crippen LogP contribution >= 0.6 is 0 Å². The van der Waals surface area contributed by atoms with Crippen molar-refractivity contribution in [3.8, 4) is 0 Å². The summed E-state index contributed by atoms with van der Waals surface area (Å²) >= 11 is 0. The molecule has 2 unspecified atom stereocenters. The summed E-state index contributed by atoms with van der Waals surface area (Å²) < 4.78 is 5.25. The number of ether oxygens (including phenoxy) is 1. The maximum atomic E-state index is 8.78. The van der Waals surface area contributed by atoms with E-state index in [-0.39, 0.29) is 17.9 Å². The molecule has 0 aliphatic heterocycles. The van der Waals surface area contributed by atoms with Gasteiger partial charge in [0.2, 0.25) is 0 Å². The summed E-state index contributed by atoms with van der Waals surface area (Å²) in [5, 5.41) is 15.4. The van der Waals surface area contributed by atoms with Crippen LogP contribution in [0, 0.1) is 0 Å². The molecule has 20 heavy (non-hydrogen) atoms. The Labute approximate surface area is 120 Å². The minimum atomic E-state index is 0.0128. The van der Waals surface area contributed by atoms with Crippen molar-refractivity contribution >= 4 is 5.84 Å². The van der Waals surface area contributed by atoms with Gasteiger partial charge in [-0.25, -0.2) is 0 Å². The molecule has 0 bridgehead atoms. The first kappa shape index (κ1) is 16.5. The number of nitrogens with zero attached hydrogens (tertiary/aromatic N) is 1. The third-order valence-corrected chi connectivity index (χ3v) is 3.19. The summed E-state index contributed by atoms with van der Waals surface area (Å²) in [6, 6.07) is 10.3. The third-order valence-electron chi connectivity index (χ3n) is 3.19. The number of nitrogens with one attached hydrogen (secondary N) is 1. The second-order valence-electron chi connectivity index (χ2n) is 4.87. The van der Waals surface area contributed by atoms with E-state index in [1.165, 1.54) is 0 Å². The van der Waals surface area contributed by atoms with Gasteiger partial charge in [-0.15, -0.1) is 0 Å². The molecular weight excluding hydrogens is 254 g/mol. The fraction of sp³-hybridized carbons (Fsp3) is 0.533. The predicted molar refractivity (Wildman–Crippen MR) is 80.9 cm³/mol. The van der Waals surface area contributed by atoms with Gasteiger partial charge in [0, 0.05) is 25.6 Å². The molecule has 1 rings (SSSR count). The molecule has 112 valence electrons. The molecule has 4 N–H and O–H groups in total. The average molecular weight is 279 g/mol. The van der Waals surface area contributed by atoms with Crippen LogP contribution in [-0.2, 0) is 4.74 Å². The molecule has 0 heterocycles. The zero-order valence-corrected chi connectivity index (χ0v) is 12.2. The molecule has 1 aromatic rings. The van der Waals surface area contributed by atoms with E-state index in [1.54, 1.807) is 7.11 Å². The van der Waals surface area contributed by atoms with Crippen molar-refractivity contribution in [3.63, 3.8) is 0 Å². The predicted octanol–water partition coefficient (Wildman–Crippen LogP) is 2.27. The van der Waals surface area contributed by atoms with Crippen molar-refractivity contribution < 1.29 is 9.94 Å². The van der Waals surface area contributed by atoms with Crippen LogP contribution < -0.4 is 11.1 Å². The highest BCUT2D eigenvalue weighted by Crippen LogP contribution is 2.18. The largest absolute Gasteiger partial charge is 0.409 e. The summed E-state index contributed by atoms with van der Waals surface area (Å²) in [7, 11) is 1.70. The van der Waals surface area contributed by atoms with E-state index in [0.717, 1.165) is 18.4 Å². The van der Waals surface area contributed by atoms with Gasteiger partial charge in [-0.05, 0) is 12.0 Å². The van der Waals surface area contributed by atoms with E-state index >= 15 is 0 Å². The quantitative estimate of drug-likeness (QED) is 0.280. The van der Waals surface area contributed by atoms with Gasteiger partial charge in [-0.2, -0.15) is 0 Å². The van der Waals surface area contributed by atoms with E-state index in [1.807, 2.05) is 30.3 Å². The molecule has 0 radical (unpaired) electrons. The first-order chi connectivity index (χ1) is 9.71. The molecule has 2 atom stereocenters. The van der Waals surface area contributed by atoms with Gasteiger partial charge < -0.3 is 21.0 Å². The molecule has 0 spiro atoms. The molecule has 1 aromatic carbocycles. The summed E-state index contributed by atoms with van der Waals surface area (Å²) in [6.07, 6.45) is 2.56. The standard InChI is InChI=1S/C15H25N3O2/c1-3-7-13(11-20-2)17-14(10-15(16)18-19)12-8-5-4-6-9-12/h4-6,8-9,13-14,17,19H,3,7,10-11H2,1-2H3,(H2,16,18). The van der Waals surface area contributed by atoms with Crippen LogP contribution in [0.4, 0.5) is 0 Å². The first-order valence-corrected chi connectivity index (χ1v) is 6.97. The highest BCUT2D eigenvalue weighted by molar-refractivity contribution is 5.80. The molecule has 0 aliphatic carbocycles.